The average Bonchev–Trinajstić information content (AvgIpc) is 2.92. The van der Waals surface area contributed by atoms with Gasteiger partial charge in [0.05, 0.1) is 16.8 Å². The van der Waals surface area contributed by atoms with Gasteiger partial charge in [0.15, 0.2) is 0 Å². The second kappa shape index (κ2) is 9.89. The summed E-state index contributed by atoms with van der Waals surface area (Å²) in [6.07, 6.45) is 6.61. The smallest absolute Gasteiger partial charge is 0.252 e. The van der Waals surface area contributed by atoms with E-state index < -0.39 is 0 Å². The summed E-state index contributed by atoms with van der Waals surface area (Å²) in [5, 5.41) is 3.86. The maximum Gasteiger partial charge on any atom is 0.252 e. The molecule has 4 aromatic rings. The van der Waals surface area contributed by atoms with Crippen LogP contribution < -0.4 is 16.0 Å². The molecular formula is C27H26N6O2. The first-order valence-corrected chi connectivity index (χ1v) is 11.7. The molecule has 0 radical (unpaired) electrons. The molecule has 3 N–H and O–H groups in total. The molecule has 1 saturated heterocycles. The number of nitrogens with zero attached hydrogens (tertiary/aromatic N) is 4. The molecule has 3 aromatic heterocycles. The minimum Gasteiger partial charge on any atom is -0.369 e. The lowest BCUT2D eigenvalue weighted by Gasteiger charge is -2.32. The summed E-state index contributed by atoms with van der Waals surface area (Å²) in [5.74, 6) is 0.308. The molecule has 2 amide bonds. The third-order valence-electron chi connectivity index (χ3n) is 6.42. The molecule has 1 aromatic carbocycles. The van der Waals surface area contributed by atoms with Crippen LogP contribution in [0.3, 0.4) is 0 Å². The van der Waals surface area contributed by atoms with Crippen LogP contribution in [0.2, 0.25) is 0 Å². The van der Waals surface area contributed by atoms with E-state index in [9.17, 15) is 9.59 Å². The number of piperidine rings is 1. The van der Waals surface area contributed by atoms with E-state index in [4.69, 9.17) is 10.7 Å². The van der Waals surface area contributed by atoms with Gasteiger partial charge in [0.1, 0.15) is 5.82 Å². The Morgan fingerprint density at radius 3 is 2.60 bits per heavy atom. The molecule has 0 aliphatic carbocycles. The van der Waals surface area contributed by atoms with Crippen LogP contribution in [0.5, 0.6) is 0 Å². The number of aromatic nitrogens is 3. The predicted molar refractivity (Wildman–Crippen MR) is 135 cm³/mol. The van der Waals surface area contributed by atoms with E-state index >= 15 is 0 Å². The van der Waals surface area contributed by atoms with E-state index in [1.165, 1.54) is 0 Å². The average molecular weight is 467 g/mol. The van der Waals surface area contributed by atoms with Gasteiger partial charge in [0, 0.05) is 60.7 Å². The van der Waals surface area contributed by atoms with Gasteiger partial charge in [-0.15, -0.1) is 0 Å². The number of hydrogen-bond donors (Lipinski definition) is 2. The van der Waals surface area contributed by atoms with Crippen LogP contribution in [0.25, 0.3) is 22.2 Å². The van der Waals surface area contributed by atoms with Crippen LogP contribution in [-0.2, 0) is 11.3 Å². The van der Waals surface area contributed by atoms with Crippen molar-refractivity contribution in [2.45, 2.75) is 19.4 Å². The van der Waals surface area contributed by atoms with Gasteiger partial charge in [-0.3, -0.25) is 14.6 Å². The number of pyridine rings is 3. The molecule has 5 rings (SSSR count). The van der Waals surface area contributed by atoms with Gasteiger partial charge in [0.25, 0.3) is 5.91 Å². The first-order valence-electron chi connectivity index (χ1n) is 11.7. The number of nitrogens with two attached hydrogens (primary N) is 1. The summed E-state index contributed by atoms with van der Waals surface area (Å²) in [6.45, 7) is 1.74. The quantitative estimate of drug-likeness (QED) is 0.451. The SMILES string of the molecule is NC(=O)C1CCN(c2ncccc2CNC(=O)c2cc(-c3cccnc3)nc3ccccc23)CC1. The van der Waals surface area contributed by atoms with E-state index in [-0.39, 0.29) is 17.7 Å². The van der Waals surface area contributed by atoms with E-state index in [1.54, 1.807) is 18.6 Å². The number of fused-ring (bicyclic) bond motifs is 1. The Morgan fingerprint density at radius 2 is 1.83 bits per heavy atom. The fraction of sp³-hybridized carbons (Fsp3) is 0.222. The number of carbonyl (C=O) groups excluding carboxylic acids is 2. The molecular weight excluding hydrogens is 440 g/mol. The second-order valence-electron chi connectivity index (χ2n) is 8.65. The van der Waals surface area contributed by atoms with Crippen molar-refractivity contribution < 1.29 is 9.59 Å². The molecule has 0 atom stereocenters. The van der Waals surface area contributed by atoms with Crippen molar-refractivity contribution in [3.63, 3.8) is 0 Å². The van der Waals surface area contributed by atoms with Crippen molar-refractivity contribution in [2.24, 2.45) is 11.7 Å². The zero-order valence-electron chi connectivity index (χ0n) is 19.2. The number of anilines is 1. The number of hydrogen-bond acceptors (Lipinski definition) is 6. The van der Waals surface area contributed by atoms with Gasteiger partial charge in [0.2, 0.25) is 5.91 Å². The molecule has 8 nitrogen and oxygen atoms in total. The van der Waals surface area contributed by atoms with Crippen LogP contribution >= 0.6 is 0 Å². The van der Waals surface area contributed by atoms with Gasteiger partial charge >= 0.3 is 0 Å². The Kier molecular flexibility index (Phi) is 6.34. The molecule has 1 aliphatic rings. The fourth-order valence-electron chi connectivity index (χ4n) is 4.52. The van der Waals surface area contributed by atoms with Crippen molar-refractivity contribution in [1.82, 2.24) is 20.3 Å². The molecule has 8 heteroatoms. The van der Waals surface area contributed by atoms with Crippen molar-refractivity contribution in [2.75, 3.05) is 18.0 Å². The molecule has 1 fully saturated rings. The van der Waals surface area contributed by atoms with Crippen molar-refractivity contribution in [1.29, 1.82) is 0 Å². The van der Waals surface area contributed by atoms with Crippen LogP contribution in [-0.4, -0.2) is 39.9 Å². The van der Waals surface area contributed by atoms with E-state index in [1.807, 2.05) is 54.6 Å². The van der Waals surface area contributed by atoms with Gasteiger partial charge in [-0.25, -0.2) is 9.97 Å². The lowest BCUT2D eigenvalue weighted by molar-refractivity contribution is -0.122. The Balaban J connectivity index is 1.38. The third kappa shape index (κ3) is 4.82. The highest BCUT2D eigenvalue weighted by atomic mass is 16.2. The highest BCUT2D eigenvalue weighted by Crippen LogP contribution is 2.26. The maximum atomic E-state index is 13.4. The van der Waals surface area contributed by atoms with Crippen LogP contribution in [0.15, 0.2) is 73.2 Å². The van der Waals surface area contributed by atoms with Crippen LogP contribution in [0.1, 0.15) is 28.8 Å². The highest BCUT2D eigenvalue weighted by Gasteiger charge is 2.25. The number of nitrogens with one attached hydrogen (secondary N) is 1. The number of rotatable bonds is 6. The Labute approximate surface area is 203 Å². The number of carbonyl (C=O) groups is 2. The molecule has 176 valence electrons. The molecule has 0 unspecified atom stereocenters. The second-order valence-corrected chi connectivity index (χ2v) is 8.65. The Morgan fingerprint density at radius 1 is 1.03 bits per heavy atom. The number of para-hydroxylation sites is 1. The normalized spacial score (nSPS) is 14.1. The molecule has 4 heterocycles. The zero-order chi connectivity index (χ0) is 24.2. The van der Waals surface area contributed by atoms with E-state index in [0.717, 1.165) is 27.8 Å². The van der Waals surface area contributed by atoms with Crippen LogP contribution in [0, 0.1) is 5.92 Å². The van der Waals surface area contributed by atoms with Crippen molar-refractivity contribution in [3.8, 4) is 11.3 Å². The molecule has 35 heavy (non-hydrogen) atoms. The Bertz CT molecular complexity index is 1370. The fourth-order valence-corrected chi connectivity index (χ4v) is 4.52. The summed E-state index contributed by atoms with van der Waals surface area (Å²) < 4.78 is 0. The summed E-state index contributed by atoms with van der Waals surface area (Å²) >= 11 is 0. The number of amides is 2. The largest absolute Gasteiger partial charge is 0.369 e. The predicted octanol–water partition coefficient (Wildman–Crippen LogP) is 3.32. The molecule has 1 aliphatic heterocycles. The van der Waals surface area contributed by atoms with Gasteiger partial charge in [-0.05, 0) is 43.2 Å². The van der Waals surface area contributed by atoms with Gasteiger partial charge < -0.3 is 16.0 Å². The summed E-state index contributed by atoms with van der Waals surface area (Å²) in [7, 11) is 0. The highest BCUT2D eigenvalue weighted by molar-refractivity contribution is 6.07. The summed E-state index contributed by atoms with van der Waals surface area (Å²) in [5.41, 5.74) is 9.25. The topological polar surface area (TPSA) is 114 Å². The lowest BCUT2D eigenvalue weighted by atomic mass is 9.96. The maximum absolute atomic E-state index is 13.4. The minimum atomic E-state index is -0.242. The monoisotopic (exact) mass is 466 g/mol. The molecule has 0 saturated carbocycles. The van der Waals surface area contributed by atoms with Crippen LogP contribution in [0.4, 0.5) is 5.82 Å². The third-order valence-corrected chi connectivity index (χ3v) is 6.42. The van der Waals surface area contributed by atoms with E-state index in [0.29, 0.717) is 43.7 Å². The van der Waals surface area contributed by atoms with E-state index in [2.05, 4.69) is 20.2 Å². The standard InChI is InChI=1S/C27H26N6O2/c28-25(34)18-9-13-33(14-10-18)26-20(6-4-12-30-26)17-31-27(35)22-15-24(19-5-3-11-29-16-19)32-23-8-2-1-7-21(22)23/h1-8,11-12,15-16,18H,9-10,13-14,17H2,(H2,28,34)(H,31,35). The first kappa shape index (κ1) is 22.5. The lowest BCUT2D eigenvalue weighted by Crippen LogP contribution is -2.39. The molecule has 0 spiro atoms. The Hall–Kier alpha value is -4.33. The van der Waals surface area contributed by atoms with Gasteiger partial charge in [-0.2, -0.15) is 0 Å². The summed E-state index contributed by atoms with van der Waals surface area (Å²) in [4.78, 5) is 40.5. The number of primary amides is 1. The minimum absolute atomic E-state index is 0.0907. The first-order chi connectivity index (χ1) is 17.1. The van der Waals surface area contributed by atoms with Crippen molar-refractivity contribution in [3.05, 3.63) is 84.3 Å². The molecule has 0 bridgehead atoms. The van der Waals surface area contributed by atoms with Gasteiger partial charge in [-0.1, -0.05) is 24.3 Å². The zero-order valence-corrected chi connectivity index (χ0v) is 19.2. The van der Waals surface area contributed by atoms with Crippen molar-refractivity contribution >= 4 is 28.5 Å². The summed E-state index contributed by atoms with van der Waals surface area (Å²) in [6, 6.07) is 17.0. The number of benzene rings is 1.